The van der Waals surface area contributed by atoms with Crippen LogP contribution in [0.4, 0.5) is 17.1 Å². The van der Waals surface area contributed by atoms with E-state index in [2.05, 4.69) is 10.2 Å². The van der Waals surface area contributed by atoms with Crippen molar-refractivity contribution in [2.24, 2.45) is 5.92 Å². The van der Waals surface area contributed by atoms with E-state index in [4.69, 9.17) is 0 Å². The van der Waals surface area contributed by atoms with E-state index in [0.717, 1.165) is 43.9 Å². The summed E-state index contributed by atoms with van der Waals surface area (Å²) in [4.78, 5) is 12.8. The summed E-state index contributed by atoms with van der Waals surface area (Å²) in [6.07, 6.45) is 2.02. The quantitative estimate of drug-likeness (QED) is 0.638. The smallest absolute Gasteiger partial charge is 0.273 e. The number of nitro benzene ring substituents is 1. The number of nitrogens with one attached hydrogen (secondary N) is 1. The van der Waals surface area contributed by atoms with Gasteiger partial charge in [-0.1, -0.05) is 0 Å². The van der Waals surface area contributed by atoms with E-state index in [1.54, 1.807) is 12.1 Å². The number of nitrogens with zero attached hydrogens (tertiary/aromatic N) is 2. The number of non-ortho nitro benzene ring substituents is 1. The van der Waals surface area contributed by atoms with E-state index in [-0.39, 0.29) is 23.1 Å². The lowest BCUT2D eigenvalue weighted by molar-refractivity contribution is -0.384. The standard InChI is InChI=1S/C14H21N3O3/c1-2-15-12-6-13(8-14(7-12)17(19)20)16-5-3-4-11(9-16)10-18/h6-8,11,15,18H,2-5,9-10H2,1H3. The van der Waals surface area contributed by atoms with E-state index in [1.807, 2.05) is 13.0 Å². The molecule has 0 amide bonds. The predicted octanol–water partition coefficient (Wildman–Crippen LogP) is 2.24. The fraction of sp³-hybridized carbons (Fsp3) is 0.571. The summed E-state index contributed by atoms with van der Waals surface area (Å²) < 4.78 is 0. The molecule has 0 aliphatic carbocycles. The summed E-state index contributed by atoms with van der Waals surface area (Å²) in [6, 6.07) is 5.11. The molecule has 6 heteroatoms. The molecule has 0 saturated carbocycles. The highest BCUT2D eigenvalue weighted by Crippen LogP contribution is 2.30. The molecule has 1 atom stereocenters. The number of anilines is 2. The van der Waals surface area contributed by atoms with Crippen LogP contribution in [0, 0.1) is 16.0 Å². The number of hydrogen-bond acceptors (Lipinski definition) is 5. The maximum Gasteiger partial charge on any atom is 0.273 e. The number of rotatable bonds is 5. The molecule has 1 unspecified atom stereocenters. The molecule has 2 rings (SSSR count). The lowest BCUT2D eigenvalue weighted by Gasteiger charge is -2.33. The van der Waals surface area contributed by atoms with Gasteiger partial charge in [-0.05, 0) is 31.7 Å². The Balaban J connectivity index is 2.27. The summed E-state index contributed by atoms with van der Waals surface area (Å²) in [5.41, 5.74) is 1.72. The summed E-state index contributed by atoms with van der Waals surface area (Å²) in [6.45, 7) is 4.49. The average Bonchev–Trinajstić information content (AvgIpc) is 2.47. The molecule has 1 saturated heterocycles. The highest BCUT2D eigenvalue weighted by atomic mass is 16.6. The molecule has 1 aromatic carbocycles. The lowest BCUT2D eigenvalue weighted by atomic mass is 9.98. The van der Waals surface area contributed by atoms with Crippen molar-refractivity contribution in [2.45, 2.75) is 19.8 Å². The second-order valence-electron chi connectivity index (χ2n) is 5.16. The monoisotopic (exact) mass is 279 g/mol. The van der Waals surface area contributed by atoms with Gasteiger partial charge >= 0.3 is 0 Å². The minimum atomic E-state index is -0.363. The zero-order chi connectivity index (χ0) is 14.5. The van der Waals surface area contributed by atoms with Gasteiger partial charge in [0.15, 0.2) is 0 Å². The minimum absolute atomic E-state index is 0.101. The Morgan fingerprint density at radius 2 is 2.30 bits per heavy atom. The van der Waals surface area contributed by atoms with E-state index < -0.39 is 0 Å². The summed E-state index contributed by atoms with van der Waals surface area (Å²) in [5, 5.41) is 23.4. The first-order valence-electron chi connectivity index (χ1n) is 7.03. The van der Waals surface area contributed by atoms with Gasteiger partial charge < -0.3 is 15.3 Å². The fourth-order valence-electron chi connectivity index (χ4n) is 2.64. The van der Waals surface area contributed by atoms with Crippen LogP contribution in [-0.2, 0) is 0 Å². The number of hydrogen-bond donors (Lipinski definition) is 2. The van der Waals surface area contributed by atoms with Crippen LogP contribution < -0.4 is 10.2 Å². The van der Waals surface area contributed by atoms with E-state index in [9.17, 15) is 15.2 Å². The molecule has 0 aromatic heterocycles. The molecule has 1 aliphatic rings. The van der Waals surface area contributed by atoms with Crippen LogP contribution in [0.3, 0.4) is 0 Å². The number of aliphatic hydroxyl groups excluding tert-OH is 1. The van der Waals surface area contributed by atoms with Crippen molar-refractivity contribution in [3.05, 3.63) is 28.3 Å². The zero-order valence-electron chi connectivity index (χ0n) is 11.7. The van der Waals surface area contributed by atoms with Crippen LogP contribution in [0.2, 0.25) is 0 Å². The topological polar surface area (TPSA) is 78.6 Å². The van der Waals surface area contributed by atoms with Crippen molar-refractivity contribution in [1.82, 2.24) is 0 Å². The van der Waals surface area contributed by atoms with Crippen molar-refractivity contribution in [1.29, 1.82) is 0 Å². The Kier molecular flexibility index (Phi) is 4.79. The minimum Gasteiger partial charge on any atom is -0.396 e. The summed E-state index contributed by atoms with van der Waals surface area (Å²) in [7, 11) is 0. The van der Waals surface area contributed by atoms with Crippen LogP contribution in [0.25, 0.3) is 0 Å². The normalized spacial score (nSPS) is 18.9. The maximum atomic E-state index is 11.0. The summed E-state index contributed by atoms with van der Waals surface area (Å²) >= 11 is 0. The fourth-order valence-corrected chi connectivity index (χ4v) is 2.64. The van der Waals surface area contributed by atoms with Crippen LogP contribution >= 0.6 is 0 Å². The van der Waals surface area contributed by atoms with E-state index in [0.29, 0.717) is 0 Å². The van der Waals surface area contributed by atoms with Gasteiger partial charge in [0.1, 0.15) is 0 Å². The first-order chi connectivity index (χ1) is 9.63. The van der Waals surface area contributed by atoms with Crippen LogP contribution in [0.5, 0.6) is 0 Å². The maximum absolute atomic E-state index is 11.0. The van der Waals surface area contributed by atoms with Crippen LogP contribution in [-0.4, -0.2) is 36.3 Å². The van der Waals surface area contributed by atoms with Gasteiger partial charge in [-0.25, -0.2) is 0 Å². The molecule has 1 fully saturated rings. The SMILES string of the molecule is CCNc1cc(N2CCCC(CO)C2)cc([N+](=O)[O-])c1. The molecule has 2 N–H and O–H groups in total. The van der Waals surface area contributed by atoms with Gasteiger partial charge in [-0.15, -0.1) is 0 Å². The average molecular weight is 279 g/mol. The molecule has 0 radical (unpaired) electrons. The van der Waals surface area contributed by atoms with E-state index in [1.165, 1.54) is 0 Å². The molecule has 1 aromatic rings. The molecule has 20 heavy (non-hydrogen) atoms. The lowest BCUT2D eigenvalue weighted by Crippen LogP contribution is -2.36. The molecule has 1 heterocycles. The Bertz CT molecular complexity index is 479. The second-order valence-corrected chi connectivity index (χ2v) is 5.16. The highest BCUT2D eigenvalue weighted by molar-refractivity contribution is 5.64. The first kappa shape index (κ1) is 14.6. The summed E-state index contributed by atoms with van der Waals surface area (Å²) in [5.74, 6) is 0.255. The molecule has 6 nitrogen and oxygen atoms in total. The molecule has 0 spiro atoms. The molecule has 0 bridgehead atoms. The number of aliphatic hydroxyl groups is 1. The third kappa shape index (κ3) is 3.39. The van der Waals surface area contributed by atoms with Gasteiger partial charge in [-0.2, -0.15) is 0 Å². The van der Waals surface area contributed by atoms with Crippen LogP contribution in [0.1, 0.15) is 19.8 Å². The van der Waals surface area contributed by atoms with Gasteiger partial charge in [0, 0.05) is 49.7 Å². The number of benzene rings is 1. The Hall–Kier alpha value is -1.82. The Labute approximate surface area is 118 Å². The molecule has 110 valence electrons. The third-order valence-corrected chi connectivity index (χ3v) is 3.64. The largest absolute Gasteiger partial charge is 0.396 e. The Morgan fingerprint density at radius 1 is 1.50 bits per heavy atom. The van der Waals surface area contributed by atoms with Gasteiger partial charge in [0.25, 0.3) is 5.69 Å². The Morgan fingerprint density at radius 3 is 2.95 bits per heavy atom. The third-order valence-electron chi connectivity index (χ3n) is 3.64. The van der Waals surface area contributed by atoms with Crippen molar-refractivity contribution >= 4 is 17.1 Å². The first-order valence-corrected chi connectivity index (χ1v) is 7.03. The molecule has 1 aliphatic heterocycles. The highest BCUT2D eigenvalue weighted by Gasteiger charge is 2.21. The van der Waals surface area contributed by atoms with Gasteiger partial charge in [-0.3, -0.25) is 10.1 Å². The van der Waals surface area contributed by atoms with Crippen molar-refractivity contribution in [3.63, 3.8) is 0 Å². The number of nitro groups is 1. The second kappa shape index (κ2) is 6.56. The van der Waals surface area contributed by atoms with Gasteiger partial charge in [0.2, 0.25) is 0 Å². The van der Waals surface area contributed by atoms with Crippen molar-refractivity contribution in [3.8, 4) is 0 Å². The predicted molar refractivity (Wildman–Crippen MR) is 79.3 cm³/mol. The molecular weight excluding hydrogens is 258 g/mol. The van der Waals surface area contributed by atoms with Crippen LogP contribution in [0.15, 0.2) is 18.2 Å². The molecular formula is C14H21N3O3. The zero-order valence-corrected chi connectivity index (χ0v) is 11.7. The number of piperidine rings is 1. The van der Waals surface area contributed by atoms with Crippen molar-refractivity contribution < 1.29 is 10.0 Å². The van der Waals surface area contributed by atoms with E-state index >= 15 is 0 Å². The van der Waals surface area contributed by atoms with Crippen molar-refractivity contribution in [2.75, 3.05) is 36.5 Å². The van der Waals surface area contributed by atoms with Gasteiger partial charge in [0.05, 0.1) is 4.92 Å².